The molecule has 170 valence electrons. The largest absolute Gasteiger partial charge is 0.368 e. The number of carbonyl (C=O) groups is 2. The molecule has 0 unspecified atom stereocenters. The fourth-order valence-corrected chi connectivity index (χ4v) is 3.86. The zero-order valence-corrected chi connectivity index (χ0v) is 18.5. The molecule has 4 rings (SSSR count). The van der Waals surface area contributed by atoms with E-state index in [0.29, 0.717) is 24.5 Å². The average molecular weight is 446 g/mol. The van der Waals surface area contributed by atoms with Crippen LogP contribution in [0.15, 0.2) is 77.6 Å². The molecule has 0 spiro atoms. The summed E-state index contributed by atoms with van der Waals surface area (Å²) >= 11 is 0. The normalized spacial score (nSPS) is 13.5. The molecule has 1 aromatic heterocycles. The lowest BCUT2D eigenvalue weighted by molar-refractivity contribution is -0.132. The van der Waals surface area contributed by atoms with E-state index >= 15 is 0 Å². The fourth-order valence-electron chi connectivity index (χ4n) is 3.86. The number of nitrogens with zero attached hydrogens (tertiary/aromatic N) is 3. The second-order valence-corrected chi connectivity index (χ2v) is 7.93. The van der Waals surface area contributed by atoms with Gasteiger partial charge >= 0.3 is 6.03 Å². The van der Waals surface area contributed by atoms with Gasteiger partial charge in [-0.3, -0.25) is 9.59 Å². The smallest absolute Gasteiger partial charge is 0.323 e. The van der Waals surface area contributed by atoms with E-state index in [1.807, 2.05) is 24.3 Å². The van der Waals surface area contributed by atoms with E-state index in [1.165, 1.54) is 4.57 Å². The quantitative estimate of drug-likeness (QED) is 0.632. The molecule has 0 bridgehead atoms. The van der Waals surface area contributed by atoms with Gasteiger partial charge in [0.1, 0.15) is 12.2 Å². The van der Waals surface area contributed by atoms with Crippen LogP contribution in [0.3, 0.4) is 0 Å². The number of hydrogen-bond acceptors (Lipinski definition) is 4. The van der Waals surface area contributed by atoms with Crippen LogP contribution in [0.2, 0.25) is 0 Å². The molecule has 8 nitrogen and oxygen atoms in total. The van der Waals surface area contributed by atoms with Crippen molar-refractivity contribution in [1.82, 2.24) is 9.47 Å². The third kappa shape index (κ3) is 5.41. The summed E-state index contributed by atoms with van der Waals surface area (Å²) in [5, 5.41) is 5.27. The Bertz CT molecular complexity index is 1170. The lowest BCUT2D eigenvalue weighted by atomic mass is 10.2. The zero-order valence-electron chi connectivity index (χ0n) is 18.5. The van der Waals surface area contributed by atoms with Crippen LogP contribution in [0.25, 0.3) is 0 Å². The first-order valence-electron chi connectivity index (χ1n) is 10.9. The molecule has 2 heterocycles. The van der Waals surface area contributed by atoms with Gasteiger partial charge in [-0.05, 0) is 43.3 Å². The van der Waals surface area contributed by atoms with Crippen LogP contribution in [0.5, 0.6) is 0 Å². The maximum atomic E-state index is 13.0. The lowest BCUT2D eigenvalue weighted by Gasteiger charge is -2.36. The summed E-state index contributed by atoms with van der Waals surface area (Å²) in [6.07, 6.45) is 0. The number of aryl methyl sites for hydroxylation is 1. The minimum atomic E-state index is -0.517. The summed E-state index contributed by atoms with van der Waals surface area (Å²) in [5.74, 6) is -0.112. The highest BCUT2D eigenvalue weighted by Crippen LogP contribution is 2.16. The average Bonchev–Trinajstić information content (AvgIpc) is 2.85. The fraction of sp³-hybridized carbons (Fsp3) is 0.240. The van der Waals surface area contributed by atoms with Gasteiger partial charge < -0.3 is 25.0 Å². The van der Waals surface area contributed by atoms with Crippen LogP contribution in [-0.4, -0.2) is 47.6 Å². The zero-order chi connectivity index (χ0) is 23.2. The number of aromatic nitrogens is 1. The van der Waals surface area contributed by atoms with E-state index in [0.717, 1.165) is 18.8 Å². The van der Waals surface area contributed by atoms with Gasteiger partial charge in [0, 0.05) is 43.2 Å². The first kappa shape index (κ1) is 22.1. The van der Waals surface area contributed by atoms with Gasteiger partial charge in [0.25, 0.3) is 5.56 Å². The summed E-state index contributed by atoms with van der Waals surface area (Å²) in [6.45, 7) is 4.38. The van der Waals surface area contributed by atoms with Gasteiger partial charge in [-0.1, -0.05) is 36.4 Å². The van der Waals surface area contributed by atoms with E-state index < -0.39 is 11.6 Å². The molecule has 1 fully saturated rings. The maximum absolute atomic E-state index is 13.0. The SMILES string of the molecule is Cc1ccc(NC(=O)Nc2ccccc2)c(=O)n1CC(=O)N1CCN(c2ccccc2)CC1. The van der Waals surface area contributed by atoms with Crippen molar-refractivity contribution in [3.8, 4) is 0 Å². The highest BCUT2D eigenvalue weighted by atomic mass is 16.2. The third-order valence-corrected chi connectivity index (χ3v) is 5.72. The van der Waals surface area contributed by atoms with Crippen LogP contribution in [0.1, 0.15) is 5.69 Å². The number of nitrogens with one attached hydrogen (secondary N) is 2. The van der Waals surface area contributed by atoms with E-state index in [2.05, 4.69) is 27.7 Å². The van der Waals surface area contributed by atoms with Crippen molar-refractivity contribution in [3.05, 3.63) is 88.8 Å². The monoisotopic (exact) mass is 445 g/mol. The van der Waals surface area contributed by atoms with E-state index in [9.17, 15) is 14.4 Å². The number of carbonyl (C=O) groups excluding carboxylic acids is 2. The van der Waals surface area contributed by atoms with Gasteiger partial charge in [0.05, 0.1) is 0 Å². The molecule has 0 aliphatic carbocycles. The van der Waals surface area contributed by atoms with Crippen LogP contribution in [0.4, 0.5) is 21.9 Å². The van der Waals surface area contributed by atoms with Crippen molar-refractivity contribution in [2.45, 2.75) is 13.5 Å². The van der Waals surface area contributed by atoms with Gasteiger partial charge in [-0.15, -0.1) is 0 Å². The van der Waals surface area contributed by atoms with Crippen molar-refractivity contribution in [2.75, 3.05) is 41.7 Å². The van der Waals surface area contributed by atoms with Gasteiger partial charge in [-0.2, -0.15) is 0 Å². The summed E-state index contributed by atoms with van der Waals surface area (Å²) in [7, 11) is 0. The Hall–Kier alpha value is -4.07. The molecular weight excluding hydrogens is 418 g/mol. The molecule has 2 N–H and O–H groups in total. The molecule has 2 aromatic carbocycles. The Morgan fingerprint density at radius 3 is 2.12 bits per heavy atom. The minimum absolute atomic E-state index is 0.0637. The predicted molar refractivity (Wildman–Crippen MR) is 130 cm³/mol. The molecule has 0 saturated carbocycles. The van der Waals surface area contributed by atoms with Crippen molar-refractivity contribution < 1.29 is 9.59 Å². The molecule has 0 atom stereocenters. The van der Waals surface area contributed by atoms with E-state index in [-0.39, 0.29) is 18.1 Å². The number of rotatable bonds is 5. The molecule has 1 saturated heterocycles. The minimum Gasteiger partial charge on any atom is -0.368 e. The number of pyridine rings is 1. The van der Waals surface area contributed by atoms with Crippen LogP contribution < -0.4 is 21.1 Å². The number of amides is 3. The first-order chi connectivity index (χ1) is 16.0. The van der Waals surface area contributed by atoms with Crippen LogP contribution >= 0.6 is 0 Å². The predicted octanol–water partition coefficient (Wildman–Crippen LogP) is 3.15. The Kier molecular flexibility index (Phi) is 6.73. The Labute approximate surface area is 192 Å². The number of piperazine rings is 1. The maximum Gasteiger partial charge on any atom is 0.323 e. The van der Waals surface area contributed by atoms with Crippen molar-refractivity contribution in [2.24, 2.45) is 0 Å². The van der Waals surface area contributed by atoms with Crippen molar-refractivity contribution in [3.63, 3.8) is 0 Å². The van der Waals surface area contributed by atoms with Crippen molar-refractivity contribution >= 4 is 29.0 Å². The van der Waals surface area contributed by atoms with Gasteiger partial charge in [0.15, 0.2) is 0 Å². The number of anilines is 3. The summed E-state index contributed by atoms with van der Waals surface area (Å²) in [5.41, 5.74) is 2.13. The molecule has 8 heteroatoms. The number of hydrogen-bond donors (Lipinski definition) is 2. The Morgan fingerprint density at radius 1 is 0.818 bits per heavy atom. The second-order valence-electron chi connectivity index (χ2n) is 7.93. The lowest BCUT2D eigenvalue weighted by Crippen LogP contribution is -2.50. The summed E-state index contributed by atoms with van der Waals surface area (Å²) in [4.78, 5) is 42.2. The molecule has 1 aliphatic heterocycles. The van der Waals surface area contributed by atoms with Crippen LogP contribution in [-0.2, 0) is 11.3 Å². The van der Waals surface area contributed by atoms with Crippen molar-refractivity contribution in [1.29, 1.82) is 0 Å². The first-order valence-corrected chi connectivity index (χ1v) is 10.9. The highest BCUT2D eigenvalue weighted by molar-refractivity contribution is 5.99. The van der Waals surface area contributed by atoms with E-state index in [1.54, 1.807) is 48.2 Å². The number of benzene rings is 2. The summed E-state index contributed by atoms with van der Waals surface area (Å²) < 4.78 is 1.41. The molecule has 1 aliphatic rings. The van der Waals surface area contributed by atoms with E-state index in [4.69, 9.17) is 0 Å². The standard InChI is InChI=1S/C25H27N5O3/c1-19-12-13-22(27-25(33)26-20-8-4-2-5-9-20)24(32)30(19)18-23(31)29-16-14-28(15-17-29)21-10-6-3-7-11-21/h2-13H,14-18H2,1H3,(H2,26,27,33). The highest BCUT2D eigenvalue weighted by Gasteiger charge is 2.22. The Balaban J connectivity index is 1.39. The second kappa shape index (κ2) is 10.0. The van der Waals surface area contributed by atoms with Gasteiger partial charge in [-0.25, -0.2) is 4.79 Å². The molecule has 33 heavy (non-hydrogen) atoms. The number of urea groups is 1. The Morgan fingerprint density at radius 2 is 1.45 bits per heavy atom. The third-order valence-electron chi connectivity index (χ3n) is 5.72. The molecule has 3 aromatic rings. The molecule has 0 radical (unpaired) electrons. The summed E-state index contributed by atoms with van der Waals surface area (Å²) in [6, 6.07) is 21.8. The van der Waals surface area contributed by atoms with Crippen LogP contribution in [0, 0.1) is 6.92 Å². The molecule has 3 amide bonds. The topological polar surface area (TPSA) is 86.7 Å². The molecular formula is C25H27N5O3. The number of para-hydroxylation sites is 2. The van der Waals surface area contributed by atoms with Gasteiger partial charge in [0.2, 0.25) is 5.91 Å².